The summed E-state index contributed by atoms with van der Waals surface area (Å²) in [5, 5.41) is 4.14. The minimum absolute atomic E-state index is 0.0539. The summed E-state index contributed by atoms with van der Waals surface area (Å²) in [7, 11) is 0. The zero-order chi connectivity index (χ0) is 20.5. The van der Waals surface area contributed by atoms with Crippen LogP contribution in [0.2, 0.25) is 0 Å². The van der Waals surface area contributed by atoms with Gasteiger partial charge in [0.1, 0.15) is 10.6 Å². The average Bonchev–Trinajstić information content (AvgIpc) is 3.47. The van der Waals surface area contributed by atoms with Gasteiger partial charge in [0.2, 0.25) is 5.91 Å². The molecule has 0 saturated heterocycles. The van der Waals surface area contributed by atoms with Gasteiger partial charge in [0.15, 0.2) is 5.16 Å². The topological polar surface area (TPSA) is 77.1 Å². The molecule has 1 amide bonds. The van der Waals surface area contributed by atoms with Crippen molar-refractivity contribution in [3.8, 4) is 0 Å². The molecule has 3 heterocycles. The molecule has 152 valence electrons. The Balaban J connectivity index is 1.47. The van der Waals surface area contributed by atoms with Gasteiger partial charge in [-0.25, -0.2) is 4.98 Å². The number of anilines is 1. The Labute approximate surface area is 180 Å². The smallest absolute Gasteiger partial charge is 0.263 e. The van der Waals surface area contributed by atoms with E-state index in [4.69, 9.17) is 9.40 Å². The number of hydrogen-bond acceptors (Lipinski definition) is 6. The zero-order valence-corrected chi connectivity index (χ0v) is 17.7. The van der Waals surface area contributed by atoms with Crippen LogP contribution in [-0.2, 0) is 24.2 Å². The molecule has 0 saturated carbocycles. The molecule has 0 atom stereocenters. The molecule has 0 aliphatic heterocycles. The first-order valence-electron chi connectivity index (χ1n) is 9.74. The molecular formula is C22H19N3O3S2. The van der Waals surface area contributed by atoms with Gasteiger partial charge in [-0.05, 0) is 49.1 Å². The number of nitrogens with one attached hydrogen (secondary N) is 1. The highest BCUT2D eigenvalue weighted by atomic mass is 32.2. The summed E-state index contributed by atoms with van der Waals surface area (Å²) < 4.78 is 7.10. The van der Waals surface area contributed by atoms with Crippen molar-refractivity contribution in [2.24, 2.45) is 0 Å². The van der Waals surface area contributed by atoms with Crippen LogP contribution in [0.25, 0.3) is 10.2 Å². The first kappa shape index (κ1) is 19.1. The molecule has 1 aliphatic rings. The highest BCUT2D eigenvalue weighted by molar-refractivity contribution is 7.99. The molecule has 8 heteroatoms. The minimum atomic E-state index is -0.140. The summed E-state index contributed by atoms with van der Waals surface area (Å²) in [6.07, 6.45) is 4.62. The van der Waals surface area contributed by atoms with Gasteiger partial charge < -0.3 is 9.73 Å². The van der Waals surface area contributed by atoms with E-state index in [2.05, 4.69) is 5.32 Å². The Morgan fingerprint density at radius 1 is 1.20 bits per heavy atom. The SMILES string of the molecule is O=C(CSc1nc2sc3c(c2c(=O)n1Cc1ccco1)CCC3)Nc1ccccc1. The van der Waals surface area contributed by atoms with Crippen molar-refractivity contribution < 1.29 is 9.21 Å². The van der Waals surface area contributed by atoms with E-state index in [1.54, 1.807) is 28.2 Å². The van der Waals surface area contributed by atoms with Crippen LogP contribution in [0.1, 0.15) is 22.6 Å². The third kappa shape index (κ3) is 3.68. The molecule has 5 rings (SSSR count). The lowest BCUT2D eigenvalue weighted by Gasteiger charge is -2.11. The van der Waals surface area contributed by atoms with Crippen LogP contribution in [0, 0.1) is 0 Å². The first-order chi connectivity index (χ1) is 14.7. The monoisotopic (exact) mass is 437 g/mol. The number of para-hydroxylation sites is 1. The normalized spacial score (nSPS) is 12.9. The fourth-order valence-corrected chi connectivity index (χ4v) is 5.82. The molecular weight excluding hydrogens is 418 g/mol. The molecule has 3 aromatic heterocycles. The first-order valence-corrected chi connectivity index (χ1v) is 11.5. The molecule has 0 radical (unpaired) electrons. The number of aromatic nitrogens is 2. The van der Waals surface area contributed by atoms with Crippen LogP contribution >= 0.6 is 23.1 Å². The summed E-state index contributed by atoms with van der Waals surface area (Å²) in [6, 6.07) is 13.0. The molecule has 0 unspecified atom stereocenters. The van der Waals surface area contributed by atoms with Crippen LogP contribution in [0.3, 0.4) is 0 Å². The highest BCUT2D eigenvalue weighted by Crippen LogP contribution is 2.35. The van der Waals surface area contributed by atoms with E-state index in [9.17, 15) is 9.59 Å². The Morgan fingerprint density at radius 3 is 2.87 bits per heavy atom. The minimum Gasteiger partial charge on any atom is -0.467 e. The van der Waals surface area contributed by atoms with Crippen LogP contribution < -0.4 is 10.9 Å². The Bertz CT molecular complexity index is 1260. The van der Waals surface area contributed by atoms with Gasteiger partial charge in [0, 0.05) is 10.6 Å². The second-order valence-corrected chi connectivity index (χ2v) is 9.13. The van der Waals surface area contributed by atoms with E-state index in [0.717, 1.165) is 40.7 Å². The molecule has 1 aromatic carbocycles. The summed E-state index contributed by atoms with van der Waals surface area (Å²) in [6.45, 7) is 0.294. The van der Waals surface area contributed by atoms with E-state index in [1.807, 2.05) is 36.4 Å². The molecule has 4 aromatic rings. The second kappa shape index (κ2) is 8.12. The second-order valence-electron chi connectivity index (χ2n) is 7.11. The maximum Gasteiger partial charge on any atom is 0.263 e. The van der Waals surface area contributed by atoms with Crippen molar-refractivity contribution in [1.29, 1.82) is 0 Å². The van der Waals surface area contributed by atoms with Gasteiger partial charge in [0.05, 0.1) is 23.9 Å². The standard InChI is InChI=1S/C22H19N3O3S2/c26-18(23-14-6-2-1-3-7-14)13-29-22-24-20-19(16-9-4-10-17(16)30-20)21(27)25(22)12-15-8-5-11-28-15/h1-3,5-8,11H,4,9-10,12-13H2,(H,23,26). The summed E-state index contributed by atoms with van der Waals surface area (Å²) >= 11 is 2.88. The molecule has 30 heavy (non-hydrogen) atoms. The van der Waals surface area contributed by atoms with Crippen LogP contribution in [-0.4, -0.2) is 21.2 Å². The van der Waals surface area contributed by atoms with E-state index >= 15 is 0 Å². The lowest BCUT2D eigenvalue weighted by atomic mass is 10.2. The number of rotatable bonds is 6. The van der Waals surface area contributed by atoms with Crippen molar-refractivity contribution in [2.75, 3.05) is 11.1 Å². The number of furan rings is 1. The fourth-order valence-electron chi connectivity index (χ4n) is 3.71. The predicted octanol–water partition coefficient (Wildman–Crippen LogP) is 4.32. The van der Waals surface area contributed by atoms with Gasteiger partial charge in [-0.15, -0.1) is 11.3 Å². The van der Waals surface area contributed by atoms with Gasteiger partial charge in [-0.3, -0.25) is 14.2 Å². The fraction of sp³-hybridized carbons (Fsp3) is 0.227. The molecule has 0 fully saturated rings. The predicted molar refractivity (Wildman–Crippen MR) is 120 cm³/mol. The van der Waals surface area contributed by atoms with E-state index in [0.29, 0.717) is 17.5 Å². The zero-order valence-electron chi connectivity index (χ0n) is 16.1. The van der Waals surface area contributed by atoms with E-state index in [1.165, 1.54) is 16.6 Å². The van der Waals surface area contributed by atoms with Crippen molar-refractivity contribution in [1.82, 2.24) is 9.55 Å². The van der Waals surface area contributed by atoms with E-state index < -0.39 is 0 Å². The van der Waals surface area contributed by atoms with Crippen LogP contribution in [0.5, 0.6) is 0 Å². The van der Waals surface area contributed by atoms with Gasteiger partial charge in [-0.2, -0.15) is 0 Å². The molecule has 6 nitrogen and oxygen atoms in total. The lowest BCUT2D eigenvalue weighted by Crippen LogP contribution is -2.24. The number of nitrogens with zero attached hydrogens (tertiary/aromatic N) is 2. The number of carbonyl (C=O) groups excluding carboxylic acids is 1. The summed E-state index contributed by atoms with van der Waals surface area (Å²) in [4.78, 5) is 32.6. The lowest BCUT2D eigenvalue weighted by molar-refractivity contribution is -0.113. The van der Waals surface area contributed by atoms with Crippen LogP contribution in [0.15, 0.2) is 63.1 Å². The van der Waals surface area contributed by atoms with Crippen molar-refractivity contribution >= 4 is 44.9 Å². The number of amides is 1. The number of thiophene rings is 1. The molecule has 1 aliphatic carbocycles. The number of thioether (sulfide) groups is 1. The summed E-state index contributed by atoms with van der Waals surface area (Å²) in [5.74, 6) is 0.704. The Morgan fingerprint density at radius 2 is 2.07 bits per heavy atom. The molecule has 0 spiro atoms. The summed E-state index contributed by atoms with van der Waals surface area (Å²) in [5.41, 5.74) is 1.84. The maximum atomic E-state index is 13.4. The van der Waals surface area contributed by atoms with E-state index in [-0.39, 0.29) is 17.2 Å². The van der Waals surface area contributed by atoms with Crippen molar-refractivity contribution in [3.05, 3.63) is 75.3 Å². The van der Waals surface area contributed by atoms with Gasteiger partial charge in [-0.1, -0.05) is 30.0 Å². The average molecular weight is 438 g/mol. The quantitative estimate of drug-likeness (QED) is 0.359. The Hall–Kier alpha value is -2.84. The molecule has 1 N–H and O–H groups in total. The van der Waals surface area contributed by atoms with Crippen LogP contribution in [0.4, 0.5) is 5.69 Å². The number of hydrogen-bond donors (Lipinski definition) is 1. The van der Waals surface area contributed by atoms with Gasteiger partial charge >= 0.3 is 0 Å². The van der Waals surface area contributed by atoms with Gasteiger partial charge in [0.25, 0.3) is 5.56 Å². The number of benzene rings is 1. The largest absolute Gasteiger partial charge is 0.467 e. The van der Waals surface area contributed by atoms with Crippen molar-refractivity contribution in [2.45, 2.75) is 31.0 Å². The Kier molecular flexibility index (Phi) is 5.18. The third-order valence-electron chi connectivity index (χ3n) is 5.07. The third-order valence-corrected chi connectivity index (χ3v) is 7.24. The maximum absolute atomic E-state index is 13.4. The number of carbonyl (C=O) groups is 1. The molecule has 0 bridgehead atoms. The number of aryl methyl sites for hydroxylation is 2. The number of fused-ring (bicyclic) bond motifs is 3. The van der Waals surface area contributed by atoms with Crippen molar-refractivity contribution in [3.63, 3.8) is 0 Å². The highest BCUT2D eigenvalue weighted by Gasteiger charge is 2.24.